The summed E-state index contributed by atoms with van der Waals surface area (Å²) in [6.45, 7) is 2.34. The molecule has 26 heavy (non-hydrogen) atoms. The third-order valence-corrected chi connectivity index (χ3v) is 4.11. The van der Waals surface area contributed by atoms with Crippen molar-refractivity contribution in [1.82, 2.24) is 4.90 Å². The molecule has 0 aliphatic carbocycles. The van der Waals surface area contributed by atoms with Gasteiger partial charge >= 0.3 is 0 Å². The quantitative estimate of drug-likeness (QED) is 0.728. The summed E-state index contributed by atoms with van der Waals surface area (Å²) < 4.78 is 45.3. The van der Waals surface area contributed by atoms with E-state index >= 15 is 0 Å². The van der Waals surface area contributed by atoms with E-state index in [0.717, 1.165) is 12.1 Å². The Morgan fingerprint density at radius 2 is 1.81 bits per heavy atom. The minimum atomic E-state index is -1.62. The number of carbonyl (C=O) groups is 1. The Morgan fingerprint density at radius 1 is 1.15 bits per heavy atom. The Labute approximate surface area is 154 Å². The summed E-state index contributed by atoms with van der Waals surface area (Å²) in [7, 11) is 1.69. The standard InChI is InChI=1S/C18H18ClF3N2O2/c1-11(18(25)23-15-8-7-14(20)16(21)17(15)22)24(2)9-10-26-13-5-3-12(19)4-6-13/h3-8,11H,9-10H2,1-2H3,(H,23,25)/t11-/m1/s1. The van der Waals surface area contributed by atoms with E-state index in [2.05, 4.69) is 5.32 Å². The highest BCUT2D eigenvalue weighted by molar-refractivity contribution is 6.30. The Kier molecular flexibility index (Phi) is 6.88. The highest BCUT2D eigenvalue weighted by atomic mass is 35.5. The molecule has 0 saturated heterocycles. The number of hydrogen-bond acceptors (Lipinski definition) is 3. The van der Waals surface area contributed by atoms with Gasteiger partial charge in [0.2, 0.25) is 5.91 Å². The molecular formula is C18H18ClF3N2O2. The van der Waals surface area contributed by atoms with Gasteiger partial charge in [-0.3, -0.25) is 9.69 Å². The van der Waals surface area contributed by atoms with Crippen molar-refractivity contribution in [3.8, 4) is 5.75 Å². The lowest BCUT2D eigenvalue weighted by atomic mass is 10.2. The van der Waals surface area contributed by atoms with Gasteiger partial charge in [0, 0.05) is 11.6 Å². The second-order valence-electron chi connectivity index (χ2n) is 5.67. The van der Waals surface area contributed by atoms with Crippen LogP contribution in [0.1, 0.15) is 6.92 Å². The van der Waals surface area contributed by atoms with Gasteiger partial charge in [-0.2, -0.15) is 0 Å². The minimum absolute atomic E-state index is 0.315. The lowest BCUT2D eigenvalue weighted by Gasteiger charge is -2.24. The van der Waals surface area contributed by atoms with Crippen molar-refractivity contribution in [2.24, 2.45) is 0 Å². The van der Waals surface area contributed by atoms with Crippen LogP contribution in [-0.2, 0) is 4.79 Å². The van der Waals surface area contributed by atoms with E-state index in [4.69, 9.17) is 16.3 Å². The molecule has 1 atom stereocenters. The summed E-state index contributed by atoms with van der Waals surface area (Å²) in [6, 6.07) is 7.94. The van der Waals surface area contributed by atoms with Crippen LogP contribution in [0.3, 0.4) is 0 Å². The van der Waals surface area contributed by atoms with Crippen LogP contribution in [0.15, 0.2) is 36.4 Å². The molecule has 0 radical (unpaired) electrons. The number of carbonyl (C=O) groups excluding carboxylic acids is 1. The molecule has 2 aromatic carbocycles. The van der Waals surface area contributed by atoms with Crippen molar-refractivity contribution in [3.05, 3.63) is 58.9 Å². The van der Waals surface area contributed by atoms with E-state index in [9.17, 15) is 18.0 Å². The van der Waals surface area contributed by atoms with Crippen LogP contribution in [0, 0.1) is 17.5 Å². The largest absolute Gasteiger partial charge is 0.492 e. The average molecular weight is 387 g/mol. The lowest BCUT2D eigenvalue weighted by Crippen LogP contribution is -2.41. The highest BCUT2D eigenvalue weighted by Gasteiger charge is 2.21. The molecule has 1 N–H and O–H groups in total. The second-order valence-corrected chi connectivity index (χ2v) is 6.11. The summed E-state index contributed by atoms with van der Waals surface area (Å²) in [6.07, 6.45) is 0. The third-order valence-electron chi connectivity index (χ3n) is 3.86. The molecule has 0 bridgehead atoms. The SMILES string of the molecule is C[C@H](C(=O)Nc1ccc(F)c(F)c1F)N(C)CCOc1ccc(Cl)cc1. The summed E-state index contributed by atoms with van der Waals surface area (Å²) in [5.74, 6) is -4.28. The summed E-state index contributed by atoms with van der Waals surface area (Å²) in [5, 5.41) is 2.86. The first-order valence-electron chi connectivity index (χ1n) is 7.82. The predicted molar refractivity (Wildman–Crippen MR) is 94.0 cm³/mol. The molecule has 0 aliphatic heterocycles. The number of halogens is 4. The zero-order chi connectivity index (χ0) is 19.3. The molecule has 0 unspecified atom stereocenters. The van der Waals surface area contributed by atoms with Crippen molar-refractivity contribution in [2.75, 3.05) is 25.5 Å². The molecule has 0 aliphatic rings. The van der Waals surface area contributed by atoms with Gasteiger partial charge in [0.15, 0.2) is 17.5 Å². The Morgan fingerprint density at radius 3 is 2.46 bits per heavy atom. The fourth-order valence-corrected chi connectivity index (χ4v) is 2.22. The molecule has 1 amide bonds. The van der Waals surface area contributed by atoms with Crippen molar-refractivity contribution in [3.63, 3.8) is 0 Å². The van der Waals surface area contributed by atoms with Gasteiger partial charge in [0.05, 0.1) is 11.7 Å². The van der Waals surface area contributed by atoms with E-state index in [0.29, 0.717) is 23.9 Å². The van der Waals surface area contributed by atoms with Gasteiger partial charge in [-0.15, -0.1) is 0 Å². The molecular weight excluding hydrogens is 369 g/mol. The Hall–Kier alpha value is -2.25. The molecule has 2 aromatic rings. The van der Waals surface area contributed by atoms with Gasteiger partial charge in [0.25, 0.3) is 0 Å². The Balaban J connectivity index is 1.87. The molecule has 0 aromatic heterocycles. The van der Waals surface area contributed by atoms with Crippen molar-refractivity contribution in [1.29, 1.82) is 0 Å². The smallest absolute Gasteiger partial charge is 0.241 e. The predicted octanol–water partition coefficient (Wildman–Crippen LogP) is 4.10. The number of ether oxygens (including phenoxy) is 1. The number of amides is 1. The fourth-order valence-electron chi connectivity index (χ4n) is 2.09. The van der Waals surface area contributed by atoms with Gasteiger partial charge in [-0.1, -0.05) is 11.6 Å². The average Bonchev–Trinajstić information content (AvgIpc) is 2.63. The number of likely N-dealkylation sites (N-methyl/N-ethyl adjacent to an activating group) is 1. The maximum atomic E-state index is 13.6. The first-order valence-corrected chi connectivity index (χ1v) is 8.20. The normalized spacial score (nSPS) is 12.1. The first-order chi connectivity index (χ1) is 12.3. The topological polar surface area (TPSA) is 41.6 Å². The number of nitrogens with one attached hydrogen (secondary N) is 1. The molecule has 0 saturated carbocycles. The summed E-state index contributed by atoms with van der Waals surface area (Å²) in [5.41, 5.74) is -0.411. The molecule has 0 heterocycles. The number of anilines is 1. The van der Waals surface area contributed by atoms with Crippen LogP contribution < -0.4 is 10.1 Å². The summed E-state index contributed by atoms with van der Waals surface area (Å²) in [4.78, 5) is 13.9. The maximum Gasteiger partial charge on any atom is 0.241 e. The third kappa shape index (κ3) is 5.12. The number of benzene rings is 2. The Bertz CT molecular complexity index is 772. The van der Waals surface area contributed by atoms with Crippen LogP contribution in [0.5, 0.6) is 5.75 Å². The van der Waals surface area contributed by atoms with Crippen LogP contribution in [0.25, 0.3) is 0 Å². The zero-order valence-electron chi connectivity index (χ0n) is 14.2. The van der Waals surface area contributed by atoms with Gasteiger partial charge in [0.1, 0.15) is 12.4 Å². The van der Waals surface area contributed by atoms with Crippen LogP contribution in [0.2, 0.25) is 5.02 Å². The van der Waals surface area contributed by atoms with Crippen LogP contribution in [0.4, 0.5) is 18.9 Å². The molecule has 0 fully saturated rings. The van der Waals surface area contributed by atoms with Crippen LogP contribution >= 0.6 is 11.6 Å². The zero-order valence-corrected chi connectivity index (χ0v) is 15.0. The van der Waals surface area contributed by atoms with Crippen molar-refractivity contribution < 1.29 is 22.7 Å². The van der Waals surface area contributed by atoms with E-state index < -0.39 is 35.1 Å². The minimum Gasteiger partial charge on any atom is -0.492 e. The number of rotatable bonds is 7. The van der Waals surface area contributed by atoms with Gasteiger partial charge < -0.3 is 10.1 Å². The van der Waals surface area contributed by atoms with E-state index in [1.807, 2.05) is 0 Å². The molecule has 140 valence electrons. The molecule has 2 rings (SSSR count). The van der Waals surface area contributed by atoms with Gasteiger partial charge in [-0.05, 0) is 50.4 Å². The van der Waals surface area contributed by atoms with Crippen LogP contribution in [-0.4, -0.2) is 37.0 Å². The molecule has 4 nitrogen and oxygen atoms in total. The highest BCUT2D eigenvalue weighted by Crippen LogP contribution is 2.20. The van der Waals surface area contributed by atoms with E-state index in [-0.39, 0.29) is 0 Å². The van der Waals surface area contributed by atoms with Crippen molar-refractivity contribution in [2.45, 2.75) is 13.0 Å². The maximum absolute atomic E-state index is 13.6. The molecule has 8 heteroatoms. The van der Waals surface area contributed by atoms with Crippen molar-refractivity contribution >= 4 is 23.2 Å². The first kappa shape index (κ1) is 20.1. The monoisotopic (exact) mass is 386 g/mol. The van der Waals surface area contributed by atoms with E-state index in [1.54, 1.807) is 43.1 Å². The number of nitrogens with zero attached hydrogens (tertiary/aromatic N) is 1. The second kappa shape index (κ2) is 8.91. The fraction of sp³-hybridized carbons (Fsp3) is 0.278. The summed E-state index contributed by atoms with van der Waals surface area (Å²) >= 11 is 5.79. The van der Waals surface area contributed by atoms with Gasteiger partial charge in [-0.25, -0.2) is 13.2 Å². The van der Waals surface area contributed by atoms with E-state index in [1.165, 1.54) is 0 Å². The number of hydrogen-bond donors (Lipinski definition) is 1. The lowest BCUT2D eigenvalue weighted by molar-refractivity contribution is -0.120. The molecule has 0 spiro atoms.